The molecule has 0 saturated heterocycles. The Balaban J connectivity index is 2.64. The highest BCUT2D eigenvalue weighted by atomic mass is 16.4. The van der Waals surface area contributed by atoms with Crippen LogP contribution in [0.4, 0.5) is 5.69 Å². The van der Waals surface area contributed by atoms with Crippen LogP contribution in [0.15, 0.2) is 42.5 Å². The lowest BCUT2D eigenvalue weighted by atomic mass is 10.2. The summed E-state index contributed by atoms with van der Waals surface area (Å²) < 4.78 is 0. The molecule has 1 N–H and O–H groups in total. The highest BCUT2D eigenvalue weighted by Gasteiger charge is 2.03. The molecule has 0 amide bonds. The molecule has 0 saturated carbocycles. The second-order valence-corrected chi connectivity index (χ2v) is 3.88. The van der Waals surface area contributed by atoms with Gasteiger partial charge in [0.15, 0.2) is 0 Å². The van der Waals surface area contributed by atoms with Crippen molar-refractivity contribution in [3.05, 3.63) is 42.5 Å². The van der Waals surface area contributed by atoms with Crippen LogP contribution < -0.4 is 4.90 Å². The van der Waals surface area contributed by atoms with Crippen molar-refractivity contribution in [2.75, 3.05) is 18.0 Å². The number of nitrogens with zero attached hydrogens (tertiary/aromatic N) is 1. The van der Waals surface area contributed by atoms with Crippen LogP contribution >= 0.6 is 0 Å². The Kier molecular flexibility index (Phi) is 5.86. The zero-order valence-electron chi connectivity index (χ0n) is 10.2. The number of para-hydroxylation sites is 1. The van der Waals surface area contributed by atoms with Crippen LogP contribution in [0, 0.1) is 0 Å². The topological polar surface area (TPSA) is 40.5 Å². The van der Waals surface area contributed by atoms with Gasteiger partial charge < -0.3 is 10.0 Å². The zero-order valence-corrected chi connectivity index (χ0v) is 10.2. The third-order valence-electron chi connectivity index (χ3n) is 2.49. The van der Waals surface area contributed by atoms with Crippen molar-refractivity contribution in [1.82, 2.24) is 0 Å². The molecule has 3 heteroatoms. The van der Waals surface area contributed by atoms with Gasteiger partial charge in [0, 0.05) is 24.9 Å². The predicted molar refractivity (Wildman–Crippen MR) is 70.3 cm³/mol. The average molecular weight is 233 g/mol. The second kappa shape index (κ2) is 7.49. The molecule has 0 bridgehead atoms. The van der Waals surface area contributed by atoms with E-state index in [2.05, 4.69) is 11.8 Å². The summed E-state index contributed by atoms with van der Waals surface area (Å²) in [6.45, 7) is 3.73. The minimum Gasteiger partial charge on any atom is -0.478 e. The molecule has 17 heavy (non-hydrogen) atoms. The molecule has 0 fully saturated rings. The number of carbonyl (C=O) groups is 1. The first-order valence-electron chi connectivity index (χ1n) is 5.93. The van der Waals surface area contributed by atoms with Crippen molar-refractivity contribution < 1.29 is 9.90 Å². The number of carboxylic acid groups (broad SMARTS) is 1. The number of hydrogen-bond donors (Lipinski definition) is 1. The van der Waals surface area contributed by atoms with E-state index >= 15 is 0 Å². The summed E-state index contributed by atoms with van der Waals surface area (Å²) in [7, 11) is 0. The fourth-order valence-electron chi connectivity index (χ4n) is 1.59. The molecule has 92 valence electrons. The minimum absolute atomic E-state index is 0.635. The molecule has 0 aromatic heterocycles. The molecule has 1 rings (SSSR count). The molecule has 0 heterocycles. The molecule has 0 atom stereocenters. The summed E-state index contributed by atoms with van der Waals surface area (Å²) in [5.41, 5.74) is 1.14. The van der Waals surface area contributed by atoms with E-state index in [4.69, 9.17) is 5.11 Å². The molecule has 0 spiro atoms. The molecule has 1 aromatic carbocycles. The van der Waals surface area contributed by atoms with Gasteiger partial charge >= 0.3 is 5.97 Å². The highest BCUT2D eigenvalue weighted by Crippen LogP contribution is 2.13. The third-order valence-corrected chi connectivity index (χ3v) is 2.49. The van der Waals surface area contributed by atoms with Gasteiger partial charge in [-0.25, -0.2) is 4.79 Å². The average Bonchev–Trinajstić information content (AvgIpc) is 2.34. The first kappa shape index (κ1) is 13.3. The Morgan fingerprint density at radius 3 is 2.65 bits per heavy atom. The summed E-state index contributed by atoms with van der Waals surface area (Å²) in [5.74, 6) is -0.895. The molecule has 0 aliphatic carbocycles. The van der Waals surface area contributed by atoms with E-state index in [-0.39, 0.29) is 0 Å². The van der Waals surface area contributed by atoms with Gasteiger partial charge in [0.2, 0.25) is 0 Å². The quantitative estimate of drug-likeness (QED) is 0.736. The monoisotopic (exact) mass is 233 g/mol. The number of aliphatic carboxylic acids is 1. The Labute approximate surface area is 102 Å². The van der Waals surface area contributed by atoms with Crippen LogP contribution in [-0.2, 0) is 4.79 Å². The number of benzene rings is 1. The normalized spacial score (nSPS) is 10.6. The summed E-state index contributed by atoms with van der Waals surface area (Å²) in [6, 6.07) is 10.1. The maximum Gasteiger partial charge on any atom is 0.328 e. The smallest absolute Gasteiger partial charge is 0.328 e. The largest absolute Gasteiger partial charge is 0.478 e. The van der Waals surface area contributed by atoms with Crippen LogP contribution in [0.1, 0.15) is 19.8 Å². The number of unbranched alkanes of at least 4 members (excludes halogenated alkanes) is 1. The van der Waals surface area contributed by atoms with E-state index in [1.165, 1.54) is 6.08 Å². The Morgan fingerprint density at radius 2 is 2.06 bits per heavy atom. The molecule has 0 aliphatic heterocycles. The van der Waals surface area contributed by atoms with Gasteiger partial charge in [-0.15, -0.1) is 0 Å². The van der Waals surface area contributed by atoms with Crippen molar-refractivity contribution in [3.63, 3.8) is 0 Å². The van der Waals surface area contributed by atoms with Crippen molar-refractivity contribution in [2.45, 2.75) is 19.8 Å². The lowest BCUT2D eigenvalue weighted by molar-refractivity contribution is -0.131. The van der Waals surface area contributed by atoms with Gasteiger partial charge in [-0.1, -0.05) is 37.6 Å². The van der Waals surface area contributed by atoms with Crippen molar-refractivity contribution in [3.8, 4) is 0 Å². The van der Waals surface area contributed by atoms with Crippen LogP contribution in [-0.4, -0.2) is 24.2 Å². The lowest BCUT2D eigenvalue weighted by Gasteiger charge is -2.23. The number of rotatable bonds is 7. The number of anilines is 1. The number of carboxylic acids is 1. The summed E-state index contributed by atoms with van der Waals surface area (Å²) >= 11 is 0. The molecule has 3 nitrogen and oxygen atoms in total. The summed E-state index contributed by atoms with van der Waals surface area (Å²) in [4.78, 5) is 12.6. The van der Waals surface area contributed by atoms with Gasteiger partial charge in [0.25, 0.3) is 0 Å². The Morgan fingerprint density at radius 1 is 1.35 bits per heavy atom. The molecule has 0 aliphatic rings. The van der Waals surface area contributed by atoms with E-state index in [0.717, 1.165) is 25.1 Å². The maximum atomic E-state index is 10.4. The summed E-state index contributed by atoms with van der Waals surface area (Å²) in [5, 5.41) is 8.57. The van der Waals surface area contributed by atoms with Crippen molar-refractivity contribution >= 4 is 11.7 Å². The van der Waals surface area contributed by atoms with Gasteiger partial charge in [-0.2, -0.15) is 0 Å². The van der Waals surface area contributed by atoms with E-state index in [9.17, 15) is 4.79 Å². The fraction of sp³-hybridized carbons (Fsp3) is 0.357. The zero-order chi connectivity index (χ0) is 12.5. The fourth-order valence-corrected chi connectivity index (χ4v) is 1.59. The molecular formula is C14H19NO2. The van der Waals surface area contributed by atoms with Gasteiger partial charge in [0.1, 0.15) is 0 Å². The maximum absolute atomic E-state index is 10.4. The SMILES string of the molecule is CCCCN(CC=CC(=O)O)c1ccccc1. The van der Waals surface area contributed by atoms with Crippen molar-refractivity contribution in [1.29, 1.82) is 0 Å². The molecular weight excluding hydrogens is 214 g/mol. The van der Waals surface area contributed by atoms with Gasteiger partial charge in [-0.3, -0.25) is 0 Å². The number of hydrogen-bond acceptors (Lipinski definition) is 2. The first-order valence-corrected chi connectivity index (χ1v) is 5.93. The van der Waals surface area contributed by atoms with Crippen LogP contribution in [0.3, 0.4) is 0 Å². The minimum atomic E-state index is -0.895. The van der Waals surface area contributed by atoms with Crippen molar-refractivity contribution in [2.24, 2.45) is 0 Å². The first-order chi connectivity index (χ1) is 8.24. The molecule has 0 radical (unpaired) electrons. The van der Waals surface area contributed by atoms with E-state index in [1.807, 2.05) is 30.3 Å². The summed E-state index contributed by atoms with van der Waals surface area (Å²) in [6.07, 6.45) is 5.12. The lowest BCUT2D eigenvalue weighted by Crippen LogP contribution is -2.24. The van der Waals surface area contributed by atoms with E-state index in [1.54, 1.807) is 6.08 Å². The van der Waals surface area contributed by atoms with Gasteiger partial charge in [0.05, 0.1) is 0 Å². The van der Waals surface area contributed by atoms with Crippen LogP contribution in [0.25, 0.3) is 0 Å². The Hall–Kier alpha value is -1.77. The molecule has 0 unspecified atom stereocenters. The second-order valence-electron chi connectivity index (χ2n) is 3.88. The van der Waals surface area contributed by atoms with Gasteiger partial charge in [-0.05, 0) is 18.6 Å². The van der Waals surface area contributed by atoms with E-state index in [0.29, 0.717) is 6.54 Å². The molecule has 1 aromatic rings. The predicted octanol–water partition coefficient (Wildman–Crippen LogP) is 2.93. The third kappa shape index (κ3) is 5.20. The van der Waals surface area contributed by atoms with Crippen LogP contribution in [0.5, 0.6) is 0 Å². The highest BCUT2D eigenvalue weighted by molar-refractivity contribution is 5.79. The van der Waals surface area contributed by atoms with E-state index < -0.39 is 5.97 Å². The Bertz CT molecular complexity index is 360. The van der Waals surface area contributed by atoms with Crippen LogP contribution in [0.2, 0.25) is 0 Å². The standard InChI is InChI=1S/C14H19NO2/c1-2-3-11-15(12-7-10-14(16)17)13-8-5-4-6-9-13/h4-10H,2-3,11-12H2,1H3,(H,16,17).